The van der Waals surface area contributed by atoms with Crippen LogP contribution in [0, 0.1) is 0 Å². The monoisotopic (exact) mass is 406 g/mol. The van der Waals surface area contributed by atoms with Crippen molar-refractivity contribution >= 4 is 12.1 Å². The van der Waals surface area contributed by atoms with E-state index in [1.165, 1.54) is 25.7 Å². The van der Waals surface area contributed by atoms with Crippen LogP contribution >= 0.6 is 0 Å². The highest BCUT2D eigenvalue weighted by atomic mass is 16.6. The van der Waals surface area contributed by atoms with Gasteiger partial charge in [-0.1, -0.05) is 12.8 Å². The van der Waals surface area contributed by atoms with E-state index in [0.717, 1.165) is 12.2 Å². The maximum Gasteiger partial charge on any atom is 0.408 e. The van der Waals surface area contributed by atoms with Crippen LogP contribution in [0.5, 0.6) is 0 Å². The molecule has 1 saturated carbocycles. The van der Waals surface area contributed by atoms with Crippen molar-refractivity contribution in [3.63, 3.8) is 0 Å². The molecule has 0 atom stereocenters. The summed E-state index contributed by atoms with van der Waals surface area (Å²) in [7, 11) is 0. The summed E-state index contributed by atoms with van der Waals surface area (Å²) in [5.74, 6) is 0.696. The van der Waals surface area contributed by atoms with E-state index in [1.807, 2.05) is 47.6 Å². The molecule has 3 N–H and O–H groups in total. The largest absolute Gasteiger partial charge is 0.444 e. The van der Waals surface area contributed by atoms with Crippen molar-refractivity contribution in [3.05, 3.63) is 18.0 Å². The Morgan fingerprint density at radius 3 is 2.55 bits per heavy atom. The highest BCUT2D eigenvalue weighted by Crippen LogP contribution is 2.28. The van der Waals surface area contributed by atoms with Gasteiger partial charge in [0.25, 0.3) is 0 Å². The standard InChI is InChI=1S/C21H38N6O2/c1-7-22-18(24-15-21(5,6)25-19(28)29-20(2,3)4)23-14-16-12-13-27(26-16)17-10-8-9-11-17/h12-13,17H,7-11,14-15H2,1-6H3,(H,25,28)(H2,22,23,24). The predicted molar refractivity (Wildman–Crippen MR) is 116 cm³/mol. The highest BCUT2D eigenvalue weighted by molar-refractivity contribution is 5.80. The first kappa shape index (κ1) is 23.0. The number of nitrogens with zero attached hydrogens (tertiary/aromatic N) is 3. The van der Waals surface area contributed by atoms with Crippen LogP contribution in [0.15, 0.2) is 17.3 Å². The first-order chi connectivity index (χ1) is 13.6. The number of guanidine groups is 1. The third-order valence-corrected chi connectivity index (χ3v) is 4.64. The number of alkyl carbamates (subject to hydrolysis) is 1. The van der Waals surface area contributed by atoms with E-state index in [1.54, 1.807) is 0 Å². The SMILES string of the molecule is CCNC(=NCc1ccn(C2CCCC2)n1)NCC(C)(C)NC(=O)OC(C)(C)C. The molecule has 1 fully saturated rings. The molecule has 1 amide bonds. The van der Waals surface area contributed by atoms with Gasteiger partial charge in [-0.2, -0.15) is 5.10 Å². The van der Waals surface area contributed by atoms with E-state index in [2.05, 4.69) is 36.9 Å². The Balaban J connectivity index is 1.88. The molecule has 0 aromatic carbocycles. The topological polar surface area (TPSA) is 92.6 Å². The minimum atomic E-state index is -0.522. The molecule has 8 heteroatoms. The number of hydrogen-bond acceptors (Lipinski definition) is 4. The summed E-state index contributed by atoms with van der Waals surface area (Å²) in [5, 5.41) is 14.1. The van der Waals surface area contributed by atoms with Gasteiger partial charge in [0.2, 0.25) is 0 Å². The lowest BCUT2D eigenvalue weighted by Crippen LogP contribution is -2.54. The van der Waals surface area contributed by atoms with E-state index in [-0.39, 0.29) is 0 Å². The first-order valence-electron chi connectivity index (χ1n) is 10.7. The average molecular weight is 407 g/mol. The van der Waals surface area contributed by atoms with Gasteiger partial charge in [0, 0.05) is 19.3 Å². The van der Waals surface area contributed by atoms with E-state index >= 15 is 0 Å². The molecule has 1 aromatic heterocycles. The van der Waals surface area contributed by atoms with Gasteiger partial charge in [-0.15, -0.1) is 0 Å². The Kier molecular flexibility index (Phi) is 7.93. The van der Waals surface area contributed by atoms with Crippen LogP contribution in [0.3, 0.4) is 0 Å². The molecule has 164 valence electrons. The van der Waals surface area contributed by atoms with Crippen molar-refractivity contribution in [2.45, 2.75) is 91.0 Å². The second-order valence-corrected chi connectivity index (χ2v) is 9.28. The fraction of sp³-hybridized carbons (Fsp3) is 0.762. The molecule has 1 heterocycles. The molecular weight excluding hydrogens is 368 g/mol. The molecule has 29 heavy (non-hydrogen) atoms. The van der Waals surface area contributed by atoms with Crippen LogP contribution in [0.1, 0.15) is 79.0 Å². The summed E-state index contributed by atoms with van der Waals surface area (Å²) in [5.41, 5.74) is -0.0608. The summed E-state index contributed by atoms with van der Waals surface area (Å²) in [6.07, 6.45) is 6.65. The molecule has 1 aromatic rings. The lowest BCUT2D eigenvalue weighted by atomic mass is 10.1. The van der Waals surface area contributed by atoms with Crippen LogP contribution in [-0.2, 0) is 11.3 Å². The second kappa shape index (κ2) is 9.98. The minimum Gasteiger partial charge on any atom is -0.444 e. The lowest BCUT2D eigenvalue weighted by molar-refractivity contribution is 0.0474. The first-order valence-corrected chi connectivity index (χ1v) is 10.7. The molecule has 1 aliphatic rings. The van der Waals surface area contributed by atoms with Crippen LogP contribution in [0.4, 0.5) is 4.79 Å². The number of rotatable bonds is 7. The number of hydrogen-bond donors (Lipinski definition) is 3. The Morgan fingerprint density at radius 2 is 1.93 bits per heavy atom. The van der Waals surface area contributed by atoms with Crippen molar-refractivity contribution in [2.75, 3.05) is 13.1 Å². The molecule has 1 aliphatic carbocycles. The Morgan fingerprint density at radius 1 is 1.24 bits per heavy atom. The fourth-order valence-electron chi connectivity index (χ4n) is 3.26. The predicted octanol–water partition coefficient (Wildman–Crippen LogP) is 3.36. The molecule has 0 spiro atoms. The minimum absolute atomic E-state index is 0.427. The van der Waals surface area contributed by atoms with Crippen LogP contribution in [0.25, 0.3) is 0 Å². The molecule has 0 aliphatic heterocycles. The van der Waals surface area contributed by atoms with E-state index < -0.39 is 17.2 Å². The fourth-order valence-corrected chi connectivity index (χ4v) is 3.26. The number of aliphatic imine (C=N–C) groups is 1. The summed E-state index contributed by atoms with van der Waals surface area (Å²) < 4.78 is 7.43. The Hall–Kier alpha value is -2.25. The smallest absolute Gasteiger partial charge is 0.408 e. The van der Waals surface area contributed by atoms with Gasteiger partial charge >= 0.3 is 6.09 Å². The van der Waals surface area contributed by atoms with Gasteiger partial charge in [-0.25, -0.2) is 9.79 Å². The third-order valence-electron chi connectivity index (χ3n) is 4.64. The number of carbonyl (C=O) groups is 1. The van der Waals surface area contributed by atoms with Crippen molar-refractivity contribution in [2.24, 2.45) is 4.99 Å². The molecular formula is C21H38N6O2. The van der Waals surface area contributed by atoms with E-state index in [9.17, 15) is 4.79 Å². The second-order valence-electron chi connectivity index (χ2n) is 9.28. The number of aromatic nitrogens is 2. The van der Waals surface area contributed by atoms with Gasteiger partial charge in [0.15, 0.2) is 5.96 Å². The van der Waals surface area contributed by atoms with Crippen molar-refractivity contribution in [1.29, 1.82) is 0 Å². The van der Waals surface area contributed by atoms with Crippen LogP contribution in [-0.4, -0.2) is 46.1 Å². The summed E-state index contributed by atoms with van der Waals surface area (Å²) in [4.78, 5) is 16.7. The molecule has 8 nitrogen and oxygen atoms in total. The number of nitrogens with one attached hydrogen (secondary N) is 3. The lowest BCUT2D eigenvalue weighted by Gasteiger charge is -2.29. The molecule has 0 bridgehead atoms. The van der Waals surface area contributed by atoms with E-state index in [0.29, 0.717) is 25.1 Å². The third kappa shape index (κ3) is 8.33. The van der Waals surface area contributed by atoms with Crippen molar-refractivity contribution in [1.82, 2.24) is 25.7 Å². The van der Waals surface area contributed by atoms with Crippen LogP contribution in [0.2, 0.25) is 0 Å². The normalized spacial score (nSPS) is 16.0. The van der Waals surface area contributed by atoms with Gasteiger partial charge in [-0.05, 0) is 60.5 Å². The zero-order chi connectivity index (χ0) is 21.5. The zero-order valence-corrected chi connectivity index (χ0v) is 18.8. The molecule has 0 saturated heterocycles. The maximum absolute atomic E-state index is 12.0. The molecule has 0 unspecified atom stereocenters. The quantitative estimate of drug-likeness (QED) is 0.477. The van der Waals surface area contributed by atoms with Gasteiger partial charge in [-0.3, -0.25) is 4.68 Å². The highest BCUT2D eigenvalue weighted by Gasteiger charge is 2.25. The van der Waals surface area contributed by atoms with Crippen LogP contribution < -0.4 is 16.0 Å². The van der Waals surface area contributed by atoms with Gasteiger partial charge in [0.05, 0.1) is 23.8 Å². The molecule has 2 rings (SSSR count). The number of ether oxygens (including phenoxy) is 1. The summed E-state index contributed by atoms with van der Waals surface area (Å²) >= 11 is 0. The summed E-state index contributed by atoms with van der Waals surface area (Å²) in [6.45, 7) is 13.2. The Bertz CT molecular complexity index is 684. The Labute approximate surface area is 174 Å². The maximum atomic E-state index is 12.0. The number of carbonyl (C=O) groups excluding carboxylic acids is 1. The van der Waals surface area contributed by atoms with Crippen molar-refractivity contribution in [3.8, 4) is 0 Å². The van der Waals surface area contributed by atoms with Gasteiger partial charge in [0.1, 0.15) is 5.60 Å². The van der Waals surface area contributed by atoms with Crippen molar-refractivity contribution < 1.29 is 9.53 Å². The number of amides is 1. The molecule has 0 radical (unpaired) electrons. The van der Waals surface area contributed by atoms with E-state index in [4.69, 9.17) is 4.74 Å². The summed E-state index contributed by atoms with van der Waals surface area (Å²) in [6, 6.07) is 2.58. The zero-order valence-electron chi connectivity index (χ0n) is 18.8. The average Bonchev–Trinajstić information content (AvgIpc) is 3.26. The van der Waals surface area contributed by atoms with Gasteiger partial charge < -0.3 is 20.7 Å².